The van der Waals surface area contributed by atoms with Gasteiger partial charge < -0.3 is 10.4 Å². The molecule has 0 bridgehead atoms. The van der Waals surface area contributed by atoms with Crippen LogP contribution in [0.3, 0.4) is 0 Å². The topological polar surface area (TPSA) is 83.5 Å². The summed E-state index contributed by atoms with van der Waals surface area (Å²) in [6.07, 6.45) is 1.70. The van der Waals surface area contributed by atoms with Crippen molar-refractivity contribution < 1.29 is 19.5 Å². The molecular weight excluding hydrogens is 294 g/mol. The number of benzene rings is 1. The molecule has 1 aromatic rings. The van der Waals surface area contributed by atoms with Gasteiger partial charge in [-0.15, -0.1) is 0 Å². The van der Waals surface area contributed by atoms with Gasteiger partial charge >= 0.3 is 5.97 Å². The smallest absolute Gasteiger partial charge is 0.306 e. The van der Waals surface area contributed by atoms with Crippen molar-refractivity contribution in [3.63, 3.8) is 0 Å². The van der Waals surface area contributed by atoms with E-state index in [0.29, 0.717) is 35.5 Å². The van der Waals surface area contributed by atoms with E-state index in [1.165, 1.54) is 0 Å². The van der Waals surface area contributed by atoms with Crippen LogP contribution in [0, 0.1) is 11.8 Å². The van der Waals surface area contributed by atoms with Crippen LogP contribution in [0.2, 0.25) is 5.02 Å². The van der Waals surface area contributed by atoms with Crippen LogP contribution in [0.5, 0.6) is 0 Å². The highest BCUT2D eigenvalue weighted by Crippen LogP contribution is 2.37. The number of fused-ring (bicyclic) bond motifs is 1. The number of carbonyl (C=O) groups is 3. The van der Waals surface area contributed by atoms with Crippen LogP contribution >= 0.6 is 11.6 Å². The van der Waals surface area contributed by atoms with Crippen molar-refractivity contribution in [2.75, 3.05) is 5.32 Å². The highest BCUT2D eigenvalue weighted by Gasteiger charge is 2.35. The van der Waals surface area contributed by atoms with Gasteiger partial charge in [0.25, 0.3) is 0 Å². The average molecular weight is 308 g/mol. The summed E-state index contributed by atoms with van der Waals surface area (Å²) < 4.78 is 0. The molecule has 5 nitrogen and oxygen atoms in total. The Bertz CT molecular complexity index is 655. The molecule has 1 amide bonds. The number of carbonyl (C=O) groups excluding carboxylic acids is 2. The third-order valence-electron chi connectivity index (χ3n) is 4.24. The lowest BCUT2D eigenvalue weighted by molar-refractivity contribution is -0.141. The molecule has 0 aromatic heterocycles. The molecule has 1 aliphatic heterocycles. The summed E-state index contributed by atoms with van der Waals surface area (Å²) in [5.74, 6) is -1.83. The van der Waals surface area contributed by atoms with Gasteiger partial charge in [0.05, 0.1) is 17.4 Å². The van der Waals surface area contributed by atoms with Crippen LogP contribution in [-0.2, 0) is 16.0 Å². The maximum absolute atomic E-state index is 12.5. The number of hydrogen-bond acceptors (Lipinski definition) is 3. The van der Waals surface area contributed by atoms with E-state index in [9.17, 15) is 14.4 Å². The van der Waals surface area contributed by atoms with Crippen molar-refractivity contribution in [3.05, 3.63) is 28.3 Å². The summed E-state index contributed by atoms with van der Waals surface area (Å²) in [5, 5.41) is 12.0. The van der Waals surface area contributed by atoms with Gasteiger partial charge in [0.15, 0.2) is 5.78 Å². The monoisotopic (exact) mass is 307 g/mol. The standard InChI is InChI=1S/C15H14ClNO4/c16-11-6-12-9(5-13(18)17-12)4-10(11)14(19)7-1-2-8(3-7)15(20)21/h4,6-8H,1-3,5H2,(H,17,18)(H,20,21). The van der Waals surface area contributed by atoms with Crippen LogP contribution in [-0.4, -0.2) is 22.8 Å². The van der Waals surface area contributed by atoms with Gasteiger partial charge in [0.1, 0.15) is 0 Å². The molecule has 3 rings (SSSR count). The minimum atomic E-state index is -0.847. The first-order valence-electron chi connectivity index (χ1n) is 6.85. The first-order valence-corrected chi connectivity index (χ1v) is 7.23. The van der Waals surface area contributed by atoms with E-state index in [4.69, 9.17) is 16.7 Å². The lowest BCUT2D eigenvalue weighted by Gasteiger charge is -2.11. The number of aliphatic carboxylic acids is 1. The maximum atomic E-state index is 12.5. The number of halogens is 1. The molecule has 0 spiro atoms. The van der Waals surface area contributed by atoms with Crippen LogP contribution in [0.4, 0.5) is 5.69 Å². The molecule has 2 atom stereocenters. The number of carboxylic acids is 1. The maximum Gasteiger partial charge on any atom is 0.306 e. The number of nitrogens with one attached hydrogen (secondary N) is 1. The van der Waals surface area contributed by atoms with Crippen LogP contribution < -0.4 is 5.32 Å². The Kier molecular flexibility index (Phi) is 3.45. The summed E-state index contributed by atoms with van der Waals surface area (Å²) >= 11 is 6.14. The molecule has 21 heavy (non-hydrogen) atoms. The van der Waals surface area contributed by atoms with Crippen LogP contribution in [0.1, 0.15) is 35.2 Å². The minimum absolute atomic E-state index is 0.113. The number of amides is 1. The van der Waals surface area contributed by atoms with Crippen LogP contribution in [0.25, 0.3) is 0 Å². The fourth-order valence-corrected chi connectivity index (χ4v) is 3.36. The molecule has 110 valence electrons. The molecule has 1 fully saturated rings. The van der Waals surface area contributed by atoms with E-state index >= 15 is 0 Å². The van der Waals surface area contributed by atoms with Gasteiger partial charge in [0.2, 0.25) is 5.91 Å². The number of Topliss-reactive ketones (excluding diaryl/α,β-unsaturated/α-hetero) is 1. The Hall–Kier alpha value is -1.88. The Morgan fingerprint density at radius 2 is 1.95 bits per heavy atom. The molecule has 6 heteroatoms. The lowest BCUT2D eigenvalue weighted by Crippen LogP contribution is -2.15. The van der Waals surface area contributed by atoms with Gasteiger partial charge in [-0.25, -0.2) is 0 Å². The summed E-state index contributed by atoms with van der Waals surface area (Å²) in [6.45, 7) is 0. The number of ketones is 1. The molecule has 2 aliphatic rings. The number of carboxylic acid groups (broad SMARTS) is 1. The van der Waals surface area contributed by atoms with Gasteiger partial charge in [-0.2, -0.15) is 0 Å². The molecule has 1 saturated carbocycles. The number of rotatable bonds is 3. The van der Waals surface area contributed by atoms with Gasteiger partial charge in [-0.3, -0.25) is 14.4 Å². The van der Waals surface area contributed by atoms with E-state index in [2.05, 4.69) is 5.32 Å². The van der Waals surface area contributed by atoms with Crippen molar-refractivity contribution in [3.8, 4) is 0 Å². The molecule has 1 aliphatic carbocycles. The molecule has 1 aromatic carbocycles. The summed E-state index contributed by atoms with van der Waals surface area (Å²) in [4.78, 5) is 34.9. The molecular formula is C15H14ClNO4. The SMILES string of the molecule is O=C1Cc2cc(C(=O)C3CCC(C(=O)O)C3)c(Cl)cc2N1. The zero-order chi connectivity index (χ0) is 15.1. The third kappa shape index (κ3) is 2.53. The Morgan fingerprint density at radius 1 is 1.24 bits per heavy atom. The van der Waals surface area contributed by atoms with Crippen molar-refractivity contribution in [1.82, 2.24) is 0 Å². The van der Waals surface area contributed by atoms with E-state index < -0.39 is 11.9 Å². The fourth-order valence-electron chi connectivity index (χ4n) is 3.10. The number of anilines is 1. The predicted octanol–water partition coefficient (Wildman–Crippen LogP) is 2.52. The Morgan fingerprint density at radius 3 is 2.62 bits per heavy atom. The first-order chi connectivity index (χ1) is 9.95. The zero-order valence-corrected chi connectivity index (χ0v) is 11.9. The quantitative estimate of drug-likeness (QED) is 0.840. The Labute approximate surface area is 126 Å². The number of hydrogen-bond donors (Lipinski definition) is 2. The minimum Gasteiger partial charge on any atom is -0.481 e. The van der Waals surface area contributed by atoms with Gasteiger partial charge in [-0.05, 0) is 37.0 Å². The molecule has 1 heterocycles. The lowest BCUT2D eigenvalue weighted by atomic mass is 9.93. The van der Waals surface area contributed by atoms with Crippen molar-refractivity contribution in [1.29, 1.82) is 0 Å². The van der Waals surface area contributed by atoms with Crippen LogP contribution in [0.15, 0.2) is 12.1 Å². The normalized spacial score (nSPS) is 23.8. The Balaban J connectivity index is 1.85. The molecule has 0 radical (unpaired) electrons. The van der Waals surface area contributed by atoms with E-state index in [-0.39, 0.29) is 24.0 Å². The van der Waals surface area contributed by atoms with Crippen molar-refractivity contribution in [2.24, 2.45) is 11.8 Å². The van der Waals surface area contributed by atoms with Gasteiger partial charge in [-0.1, -0.05) is 11.6 Å². The zero-order valence-electron chi connectivity index (χ0n) is 11.2. The molecule has 2 unspecified atom stereocenters. The van der Waals surface area contributed by atoms with E-state index in [1.54, 1.807) is 12.1 Å². The largest absolute Gasteiger partial charge is 0.481 e. The highest BCUT2D eigenvalue weighted by molar-refractivity contribution is 6.34. The van der Waals surface area contributed by atoms with E-state index in [0.717, 1.165) is 5.56 Å². The predicted molar refractivity (Wildman–Crippen MR) is 76.6 cm³/mol. The van der Waals surface area contributed by atoms with Crippen molar-refractivity contribution >= 4 is 34.9 Å². The van der Waals surface area contributed by atoms with E-state index in [1.807, 2.05) is 0 Å². The van der Waals surface area contributed by atoms with Gasteiger partial charge in [0, 0.05) is 17.2 Å². The van der Waals surface area contributed by atoms with Crippen molar-refractivity contribution in [2.45, 2.75) is 25.7 Å². The molecule has 2 N–H and O–H groups in total. The fraction of sp³-hybridized carbons (Fsp3) is 0.400. The first kappa shape index (κ1) is 14.1. The summed E-state index contributed by atoms with van der Waals surface area (Å²) in [6, 6.07) is 3.25. The molecule has 0 saturated heterocycles. The summed E-state index contributed by atoms with van der Waals surface area (Å²) in [7, 11) is 0. The highest BCUT2D eigenvalue weighted by atomic mass is 35.5. The second kappa shape index (κ2) is 5.15. The summed E-state index contributed by atoms with van der Waals surface area (Å²) in [5.41, 5.74) is 1.81. The second-order valence-electron chi connectivity index (χ2n) is 5.62. The second-order valence-corrected chi connectivity index (χ2v) is 6.03. The average Bonchev–Trinajstić information content (AvgIpc) is 3.02. The third-order valence-corrected chi connectivity index (χ3v) is 4.55.